The molecule has 9 rings (SSSR count). The monoisotopic (exact) mass is 731 g/mol. The van der Waals surface area contributed by atoms with Crippen molar-refractivity contribution < 1.29 is 26.3 Å². The smallest absolute Gasteiger partial charge is 0.166 e. The number of alkyl halides is 6. The lowest BCUT2D eigenvalue weighted by Gasteiger charge is -2.13. The van der Waals surface area contributed by atoms with Crippen molar-refractivity contribution in [3.63, 3.8) is 0 Å². The summed E-state index contributed by atoms with van der Waals surface area (Å²) in [4.78, 5) is 0.780. The van der Waals surface area contributed by atoms with E-state index >= 15 is 0 Å². The number of rotatable bonds is 1. The van der Waals surface area contributed by atoms with Crippen LogP contribution in [0.2, 0.25) is 0 Å². The third-order valence-electron chi connectivity index (χ3n) is 9.54. The van der Waals surface area contributed by atoms with Crippen molar-refractivity contribution in [1.29, 1.82) is 0 Å². The van der Waals surface area contributed by atoms with Crippen LogP contribution in [0.25, 0.3) is 59.8 Å². The van der Waals surface area contributed by atoms with Gasteiger partial charge in [0, 0.05) is 11.1 Å². The average Bonchev–Trinajstić information content (AvgIpc) is 3.65. The van der Waals surface area contributed by atoms with Gasteiger partial charge in [-0.15, -0.1) is 10.2 Å². The molecular weight excluding hydrogens is 709 g/mol. The molecule has 8 aromatic carbocycles. The zero-order valence-corrected chi connectivity index (χ0v) is 28.4. The maximum Gasteiger partial charge on any atom is 0.416 e. The van der Waals surface area contributed by atoms with Gasteiger partial charge in [-0.05, 0) is 85.6 Å². The lowest BCUT2D eigenvalue weighted by Crippen LogP contribution is -2.13. The minimum Gasteiger partial charge on any atom is -0.166 e. The van der Waals surface area contributed by atoms with Gasteiger partial charge in [-0.3, -0.25) is 0 Å². The standard InChI is InChI=1S/C46H23F6N3/c47-45(48,49)34-25-35(46(50,51)52)27-36(26-34)55-53-43-28(19-21-32-23-30-9-1-3-11-37(30)41-15-7-5-13-39(32)41)17-18-29(44(43)54-55)20-22-33-24-31-10-2-4-12-38(31)42-16-8-6-14-40(33)42/h1-18,23-27H. The number of aromatic nitrogens is 3. The first-order valence-electron chi connectivity index (χ1n) is 17.1. The number of fused-ring (bicyclic) bond motifs is 7. The van der Waals surface area contributed by atoms with E-state index in [1.165, 1.54) is 0 Å². The lowest BCUT2D eigenvalue weighted by molar-refractivity contribution is -0.143. The van der Waals surface area contributed by atoms with Crippen molar-refractivity contribution in [2.24, 2.45) is 0 Å². The highest BCUT2D eigenvalue weighted by Gasteiger charge is 2.37. The number of benzene rings is 8. The molecule has 0 saturated carbocycles. The van der Waals surface area contributed by atoms with Gasteiger partial charge >= 0.3 is 12.4 Å². The molecule has 0 spiro atoms. The van der Waals surface area contributed by atoms with E-state index < -0.39 is 29.2 Å². The van der Waals surface area contributed by atoms with Crippen molar-refractivity contribution in [2.75, 3.05) is 0 Å². The normalized spacial score (nSPS) is 11.9. The van der Waals surface area contributed by atoms with Crippen LogP contribution in [0.1, 0.15) is 33.4 Å². The van der Waals surface area contributed by atoms with Crippen LogP contribution < -0.4 is 0 Å². The molecule has 9 aromatic rings. The van der Waals surface area contributed by atoms with Crippen molar-refractivity contribution >= 4 is 54.1 Å². The van der Waals surface area contributed by atoms with Crippen molar-refractivity contribution in [3.05, 3.63) is 173 Å². The summed E-state index contributed by atoms with van der Waals surface area (Å²) in [7, 11) is 0. The topological polar surface area (TPSA) is 30.7 Å². The van der Waals surface area contributed by atoms with Crippen LogP contribution in [0.15, 0.2) is 140 Å². The molecule has 0 aliphatic carbocycles. The average molecular weight is 732 g/mol. The van der Waals surface area contributed by atoms with E-state index in [4.69, 9.17) is 0 Å². The Bertz CT molecular complexity index is 2940. The number of hydrogen-bond acceptors (Lipinski definition) is 2. The van der Waals surface area contributed by atoms with E-state index in [1.54, 1.807) is 12.1 Å². The van der Waals surface area contributed by atoms with Gasteiger partial charge in [0.1, 0.15) is 11.0 Å². The van der Waals surface area contributed by atoms with Gasteiger partial charge in [-0.1, -0.05) is 121 Å². The van der Waals surface area contributed by atoms with Gasteiger partial charge in [0.2, 0.25) is 0 Å². The van der Waals surface area contributed by atoms with E-state index in [-0.39, 0.29) is 17.1 Å². The number of halogens is 6. The first-order valence-corrected chi connectivity index (χ1v) is 17.1. The fourth-order valence-electron chi connectivity index (χ4n) is 6.95. The molecule has 264 valence electrons. The Hall–Kier alpha value is -7.10. The van der Waals surface area contributed by atoms with Crippen LogP contribution in [0, 0.1) is 23.7 Å². The van der Waals surface area contributed by atoms with Gasteiger partial charge in [0.15, 0.2) is 0 Å². The van der Waals surface area contributed by atoms with Crippen LogP contribution in [0.5, 0.6) is 0 Å². The van der Waals surface area contributed by atoms with Crippen molar-refractivity contribution in [2.45, 2.75) is 12.4 Å². The predicted molar refractivity (Wildman–Crippen MR) is 204 cm³/mol. The third kappa shape index (κ3) is 6.16. The van der Waals surface area contributed by atoms with Crippen LogP contribution >= 0.6 is 0 Å². The second kappa shape index (κ2) is 12.8. The maximum absolute atomic E-state index is 13.9. The van der Waals surface area contributed by atoms with Crippen LogP contribution in [-0.4, -0.2) is 15.0 Å². The largest absolute Gasteiger partial charge is 0.416 e. The van der Waals surface area contributed by atoms with E-state index in [0.717, 1.165) is 59.0 Å². The molecule has 1 heterocycles. The lowest BCUT2D eigenvalue weighted by atomic mass is 9.97. The summed E-state index contributed by atoms with van der Waals surface area (Å²) >= 11 is 0. The second-order valence-corrected chi connectivity index (χ2v) is 13.0. The summed E-state index contributed by atoms with van der Waals surface area (Å²) in [6.07, 6.45) is -10.1. The Morgan fingerprint density at radius 3 is 1.16 bits per heavy atom. The Kier molecular flexibility index (Phi) is 7.84. The molecular formula is C46H23F6N3. The minimum absolute atomic E-state index is 0.0717. The molecule has 0 aliphatic heterocycles. The van der Waals surface area contributed by atoms with E-state index in [9.17, 15) is 26.3 Å². The van der Waals surface area contributed by atoms with Crippen LogP contribution in [-0.2, 0) is 12.4 Å². The quantitative estimate of drug-likeness (QED) is 0.0956. The molecule has 0 unspecified atom stereocenters. The van der Waals surface area contributed by atoms with Crippen LogP contribution in [0.3, 0.4) is 0 Å². The molecule has 1 aromatic heterocycles. The molecule has 0 amide bonds. The molecule has 9 heteroatoms. The van der Waals surface area contributed by atoms with Gasteiger partial charge < -0.3 is 0 Å². The summed E-state index contributed by atoms with van der Waals surface area (Å²) < 4.78 is 83.2. The Morgan fingerprint density at radius 1 is 0.382 bits per heavy atom. The fraction of sp³-hybridized carbons (Fsp3) is 0.0435. The van der Waals surface area contributed by atoms with Crippen molar-refractivity contribution in [3.8, 4) is 29.4 Å². The summed E-state index contributed by atoms with van der Waals surface area (Å²) in [5, 5.41) is 16.9. The molecule has 0 saturated heterocycles. The molecule has 3 nitrogen and oxygen atoms in total. The molecule has 0 aliphatic rings. The second-order valence-electron chi connectivity index (χ2n) is 13.0. The summed E-state index contributed by atoms with van der Waals surface area (Å²) in [6, 6.07) is 40.2. The van der Waals surface area contributed by atoms with Crippen molar-refractivity contribution in [1.82, 2.24) is 15.0 Å². The van der Waals surface area contributed by atoms with Gasteiger partial charge in [0.05, 0.1) is 27.9 Å². The van der Waals surface area contributed by atoms with Crippen LogP contribution in [0.4, 0.5) is 26.3 Å². The SMILES string of the molecule is FC(F)(F)c1cc(-n2nc3c(C#Cc4cc5ccccc5c5ccccc45)ccc(C#Cc4cc5ccccc5c5ccccc45)c3n2)cc(C(F)(F)F)c1. The fourth-order valence-corrected chi connectivity index (χ4v) is 6.95. The Labute approximate surface area is 309 Å². The highest BCUT2D eigenvalue weighted by molar-refractivity contribution is 6.11. The van der Waals surface area contributed by atoms with E-state index in [0.29, 0.717) is 23.3 Å². The highest BCUT2D eigenvalue weighted by Crippen LogP contribution is 2.37. The summed E-state index contributed by atoms with van der Waals surface area (Å²) in [6.45, 7) is 0. The Balaban J connectivity index is 1.25. The highest BCUT2D eigenvalue weighted by atomic mass is 19.4. The molecule has 55 heavy (non-hydrogen) atoms. The summed E-state index contributed by atoms with van der Waals surface area (Å²) in [5.74, 6) is 12.8. The number of hydrogen-bond donors (Lipinski definition) is 0. The molecule has 0 fully saturated rings. The molecule has 0 bridgehead atoms. The number of nitrogens with zero attached hydrogens (tertiary/aromatic N) is 3. The predicted octanol–water partition coefficient (Wildman–Crippen LogP) is 11.9. The van der Waals surface area contributed by atoms with Gasteiger partial charge in [-0.2, -0.15) is 31.1 Å². The van der Waals surface area contributed by atoms with E-state index in [1.807, 2.05) is 109 Å². The first-order chi connectivity index (χ1) is 26.5. The molecule has 0 radical (unpaired) electrons. The minimum atomic E-state index is -5.05. The molecule has 0 atom stereocenters. The molecule has 0 N–H and O–H groups in total. The zero-order valence-electron chi connectivity index (χ0n) is 28.4. The van der Waals surface area contributed by atoms with Gasteiger partial charge in [0.25, 0.3) is 0 Å². The Morgan fingerprint density at radius 2 is 0.745 bits per heavy atom. The van der Waals surface area contributed by atoms with E-state index in [2.05, 4.69) is 33.9 Å². The zero-order chi connectivity index (χ0) is 37.9. The van der Waals surface area contributed by atoms with Gasteiger partial charge in [-0.25, -0.2) is 0 Å². The maximum atomic E-state index is 13.9. The summed E-state index contributed by atoms with van der Waals surface area (Å²) in [5.41, 5.74) is -0.958. The first kappa shape index (κ1) is 33.7. The third-order valence-corrected chi connectivity index (χ3v) is 9.54.